The number of unbranched alkanes of at least 4 members (excludes halogenated alkanes) is 1. The Bertz CT molecular complexity index is 803. The van der Waals surface area contributed by atoms with Crippen LogP contribution in [0.3, 0.4) is 0 Å². The molecule has 0 N–H and O–H groups in total. The lowest BCUT2D eigenvalue weighted by Gasteiger charge is -2.30. The molecule has 0 aliphatic carbocycles. The molecule has 0 amide bonds. The van der Waals surface area contributed by atoms with Crippen LogP contribution in [0, 0.1) is 5.41 Å². The second-order valence-corrected chi connectivity index (χ2v) is 6.97. The zero-order valence-electron chi connectivity index (χ0n) is 18.6. The summed E-state index contributed by atoms with van der Waals surface area (Å²) in [5, 5.41) is 0. The van der Waals surface area contributed by atoms with Gasteiger partial charge < -0.3 is 18.9 Å². The fourth-order valence-corrected chi connectivity index (χ4v) is 3.17. The molecule has 0 heterocycles. The first-order valence-corrected chi connectivity index (χ1v) is 10.2. The normalized spacial score (nSPS) is 10.6. The summed E-state index contributed by atoms with van der Waals surface area (Å²) in [5.41, 5.74) is -1.09. The van der Waals surface area contributed by atoms with E-state index in [1.807, 2.05) is 0 Å². The van der Waals surface area contributed by atoms with Crippen LogP contribution in [0.25, 0.3) is 0 Å². The van der Waals surface area contributed by atoms with E-state index in [1.165, 1.54) is 26.4 Å². The van der Waals surface area contributed by atoms with E-state index in [9.17, 15) is 19.2 Å². The van der Waals surface area contributed by atoms with Crippen LogP contribution in [0.2, 0.25) is 0 Å². The van der Waals surface area contributed by atoms with Crippen molar-refractivity contribution in [1.82, 2.24) is 0 Å². The summed E-state index contributed by atoms with van der Waals surface area (Å²) in [7, 11) is 2.53. The SMILES string of the molecule is C=CCOC(=O)C(CCCCC(=O)OC)(Cc1ccccc1C(=O)OC)C(=O)OCC=C. The largest absolute Gasteiger partial charge is 0.469 e. The second-order valence-electron chi connectivity index (χ2n) is 6.97. The molecule has 174 valence electrons. The van der Waals surface area contributed by atoms with Crippen molar-refractivity contribution in [2.75, 3.05) is 27.4 Å². The number of benzene rings is 1. The molecule has 0 atom stereocenters. The maximum absolute atomic E-state index is 13.2. The van der Waals surface area contributed by atoms with Crippen LogP contribution in [-0.4, -0.2) is 51.3 Å². The monoisotopic (exact) mass is 446 g/mol. The molecule has 0 saturated heterocycles. The Morgan fingerprint density at radius 1 is 0.906 bits per heavy atom. The van der Waals surface area contributed by atoms with Crippen LogP contribution in [0.1, 0.15) is 41.6 Å². The van der Waals surface area contributed by atoms with Crippen molar-refractivity contribution >= 4 is 23.9 Å². The predicted octanol–water partition coefficient (Wildman–Crippen LogP) is 3.19. The van der Waals surface area contributed by atoms with Crippen LogP contribution in [0.5, 0.6) is 0 Å². The van der Waals surface area contributed by atoms with Crippen LogP contribution in [0.15, 0.2) is 49.6 Å². The van der Waals surface area contributed by atoms with Gasteiger partial charge in [0, 0.05) is 12.8 Å². The summed E-state index contributed by atoms with van der Waals surface area (Å²) in [6, 6.07) is 6.53. The molecule has 0 unspecified atom stereocenters. The van der Waals surface area contributed by atoms with E-state index in [0.29, 0.717) is 18.4 Å². The summed E-state index contributed by atoms with van der Waals surface area (Å²) in [6.07, 6.45) is 3.51. The van der Waals surface area contributed by atoms with Gasteiger partial charge in [0.1, 0.15) is 13.2 Å². The van der Waals surface area contributed by atoms with Gasteiger partial charge in [-0.1, -0.05) is 49.9 Å². The van der Waals surface area contributed by atoms with Crippen molar-refractivity contribution in [2.24, 2.45) is 5.41 Å². The topological polar surface area (TPSA) is 105 Å². The lowest BCUT2D eigenvalue weighted by molar-refractivity contribution is -0.172. The van der Waals surface area contributed by atoms with Crippen LogP contribution < -0.4 is 0 Å². The van der Waals surface area contributed by atoms with Gasteiger partial charge in [-0.15, -0.1) is 0 Å². The van der Waals surface area contributed by atoms with Gasteiger partial charge in [0.25, 0.3) is 0 Å². The third kappa shape index (κ3) is 7.37. The molecule has 0 aliphatic rings. The molecule has 1 aromatic carbocycles. The van der Waals surface area contributed by atoms with Gasteiger partial charge in [0.2, 0.25) is 0 Å². The molecule has 8 heteroatoms. The summed E-state index contributed by atoms with van der Waals surface area (Å²) < 4.78 is 20.0. The van der Waals surface area contributed by atoms with E-state index >= 15 is 0 Å². The smallest absolute Gasteiger partial charge is 0.338 e. The zero-order chi connectivity index (χ0) is 24.0. The number of carbonyl (C=O) groups is 4. The summed E-state index contributed by atoms with van der Waals surface area (Å²) in [4.78, 5) is 50.0. The molecule has 0 aromatic heterocycles. The van der Waals surface area contributed by atoms with Crippen molar-refractivity contribution in [3.05, 3.63) is 60.7 Å². The first-order chi connectivity index (χ1) is 15.4. The highest BCUT2D eigenvalue weighted by molar-refractivity contribution is 6.01. The van der Waals surface area contributed by atoms with Gasteiger partial charge in [-0.25, -0.2) is 4.79 Å². The average Bonchev–Trinajstić information content (AvgIpc) is 2.82. The maximum atomic E-state index is 13.2. The van der Waals surface area contributed by atoms with Crippen molar-refractivity contribution in [2.45, 2.75) is 32.1 Å². The predicted molar refractivity (Wildman–Crippen MR) is 117 cm³/mol. The number of rotatable bonds is 14. The summed E-state index contributed by atoms with van der Waals surface area (Å²) in [5.74, 6) is -2.59. The molecule has 0 saturated carbocycles. The highest BCUT2D eigenvalue weighted by Crippen LogP contribution is 2.35. The average molecular weight is 446 g/mol. The lowest BCUT2D eigenvalue weighted by Crippen LogP contribution is -2.44. The summed E-state index contributed by atoms with van der Waals surface area (Å²) >= 11 is 0. The van der Waals surface area contributed by atoms with Crippen molar-refractivity contribution in [3.63, 3.8) is 0 Å². The minimum atomic E-state index is -1.74. The molecular weight excluding hydrogens is 416 g/mol. The van der Waals surface area contributed by atoms with Gasteiger partial charge in [-0.05, 0) is 24.5 Å². The molecule has 32 heavy (non-hydrogen) atoms. The van der Waals surface area contributed by atoms with Crippen LogP contribution >= 0.6 is 0 Å². The molecule has 1 aromatic rings. The lowest BCUT2D eigenvalue weighted by atomic mass is 9.76. The number of hydrogen-bond donors (Lipinski definition) is 0. The zero-order valence-corrected chi connectivity index (χ0v) is 18.6. The van der Waals surface area contributed by atoms with Gasteiger partial charge >= 0.3 is 23.9 Å². The number of methoxy groups -OCH3 is 2. The van der Waals surface area contributed by atoms with Crippen LogP contribution in [0.4, 0.5) is 0 Å². The van der Waals surface area contributed by atoms with E-state index in [-0.39, 0.29) is 38.0 Å². The fraction of sp³-hybridized carbons (Fsp3) is 0.417. The quantitative estimate of drug-likeness (QED) is 0.141. The van der Waals surface area contributed by atoms with Gasteiger partial charge in [0.15, 0.2) is 5.41 Å². The van der Waals surface area contributed by atoms with E-state index < -0.39 is 29.3 Å². The summed E-state index contributed by atoms with van der Waals surface area (Å²) in [6.45, 7) is 6.85. The first kappa shape index (κ1) is 26.6. The molecular formula is C24H30O8. The van der Waals surface area contributed by atoms with E-state index in [0.717, 1.165) is 0 Å². The first-order valence-electron chi connectivity index (χ1n) is 10.2. The van der Waals surface area contributed by atoms with E-state index in [4.69, 9.17) is 14.2 Å². The highest BCUT2D eigenvalue weighted by Gasteiger charge is 2.49. The van der Waals surface area contributed by atoms with Gasteiger partial charge in [0.05, 0.1) is 19.8 Å². The molecule has 0 radical (unpaired) electrons. The van der Waals surface area contributed by atoms with Crippen molar-refractivity contribution in [1.29, 1.82) is 0 Å². The maximum Gasteiger partial charge on any atom is 0.338 e. The Labute approximate surface area is 188 Å². The fourth-order valence-electron chi connectivity index (χ4n) is 3.17. The van der Waals surface area contributed by atoms with Crippen molar-refractivity contribution in [3.8, 4) is 0 Å². The Balaban J connectivity index is 3.38. The molecule has 0 bridgehead atoms. The highest BCUT2D eigenvalue weighted by atomic mass is 16.6. The standard InChI is InChI=1S/C24H30O8/c1-5-15-31-22(27)24(23(28)32-16-6-2,14-10-9-13-20(25)29-3)17-18-11-7-8-12-19(18)21(26)30-4/h5-8,11-12H,1-2,9-10,13-17H2,3-4H3. The second kappa shape index (κ2) is 13.8. The van der Waals surface area contributed by atoms with Crippen molar-refractivity contribution < 1.29 is 38.1 Å². The molecule has 0 fully saturated rings. The number of hydrogen-bond acceptors (Lipinski definition) is 8. The number of ether oxygens (including phenoxy) is 4. The molecule has 1 rings (SSSR count). The Hall–Kier alpha value is -3.42. The molecule has 0 aliphatic heterocycles. The number of carbonyl (C=O) groups excluding carboxylic acids is 4. The van der Waals surface area contributed by atoms with Crippen LogP contribution in [-0.2, 0) is 39.8 Å². The van der Waals surface area contributed by atoms with E-state index in [1.54, 1.807) is 24.3 Å². The minimum Gasteiger partial charge on any atom is -0.469 e. The van der Waals surface area contributed by atoms with Gasteiger partial charge in [-0.2, -0.15) is 0 Å². The Morgan fingerprint density at radius 2 is 1.50 bits per heavy atom. The Kier molecular flexibility index (Phi) is 11.5. The minimum absolute atomic E-state index is 0.0332. The molecule has 8 nitrogen and oxygen atoms in total. The third-order valence-electron chi connectivity index (χ3n) is 4.82. The Morgan fingerprint density at radius 3 is 2.03 bits per heavy atom. The third-order valence-corrected chi connectivity index (χ3v) is 4.82. The van der Waals surface area contributed by atoms with Gasteiger partial charge in [-0.3, -0.25) is 14.4 Å². The number of esters is 4. The van der Waals surface area contributed by atoms with E-state index in [2.05, 4.69) is 17.9 Å². The molecule has 0 spiro atoms.